The second kappa shape index (κ2) is 8.67. The van der Waals surface area contributed by atoms with Gasteiger partial charge in [-0.2, -0.15) is 0 Å². The first-order chi connectivity index (χ1) is 13.3. The van der Waals surface area contributed by atoms with Gasteiger partial charge in [-0.3, -0.25) is 19.8 Å². The number of nitro benzene ring substituents is 1. The highest BCUT2D eigenvalue weighted by molar-refractivity contribution is 6.30. The maximum Gasteiger partial charge on any atom is 0.274 e. The van der Waals surface area contributed by atoms with Crippen molar-refractivity contribution in [3.63, 3.8) is 0 Å². The molecule has 2 aromatic rings. The van der Waals surface area contributed by atoms with Crippen molar-refractivity contribution in [2.75, 3.05) is 18.4 Å². The van der Waals surface area contributed by atoms with Gasteiger partial charge in [0.2, 0.25) is 5.91 Å². The molecule has 2 aromatic carbocycles. The van der Waals surface area contributed by atoms with Gasteiger partial charge in [-0.15, -0.1) is 0 Å². The van der Waals surface area contributed by atoms with Gasteiger partial charge >= 0.3 is 0 Å². The van der Waals surface area contributed by atoms with E-state index in [1.54, 1.807) is 31.2 Å². The summed E-state index contributed by atoms with van der Waals surface area (Å²) in [6, 6.07) is 9.30. The molecular weight excluding hydrogens is 385 g/mol. The first-order valence-electron chi connectivity index (χ1n) is 9.06. The maximum atomic E-state index is 14.0. The molecule has 1 N–H and O–H groups in total. The number of nitro groups is 1. The molecule has 1 aliphatic heterocycles. The Morgan fingerprint density at radius 1 is 1.32 bits per heavy atom. The lowest BCUT2D eigenvalue weighted by atomic mass is 9.95. The highest BCUT2D eigenvalue weighted by atomic mass is 35.5. The van der Waals surface area contributed by atoms with E-state index in [2.05, 4.69) is 10.2 Å². The number of anilines is 1. The van der Waals surface area contributed by atoms with E-state index in [1.165, 1.54) is 12.1 Å². The van der Waals surface area contributed by atoms with E-state index in [0.717, 1.165) is 0 Å². The fourth-order valence-electron chi connectivity index (χ4n) is 3.44. The summed E-state index contributed by atoms with van der Waals surface area (Å²) >= 11 is 5.78. The van der Waals surface area contributed by atoms with Crippen LogP contribution in [0.3, 0.4) is 0 Å². The Kier molecular flexibility index (Phi) is 6.26. The topological polar surface area (TPSA) is 75.5 Å². The molecule has 8 heteroatoms. The number of nitrogens with one attached hydrogen (secondary N) is 1. The lowest BCUT2D eigenvalue weighted by Crippen LogP contribution is -2.38. The number of benzene rings is 2. The summed E-state index contributed by atoms with van der Waals surface area (Å²) in [5.74, 6) is -0.639. The summed E-state index contributed by atoms with van der Waals surface area (Å²) in [7, 11) is 0. The second-order valence-corrected chi connectivity index (χ2v) is 7.42. The predicted molar refractivity (Wildman–Crippen MR) is 106 cm³/mol. The average molecular weight is 406 g/mol. The summed E-state index contributed by atoms with van der Waals surface area (Å²) < 4.78 is 14.0. The van der Waals surface area contributed by atoms with E-state index >= 15 is 0 Å². The van der Waals surface area contributed by atoms with Crippen LogP contribution in [-0.4, -0.2) is 28.8 Å². The largest absolute Gasteiger partial charge is 0.325 e. The number of hydrogen-bond acceptors (Lipinski definition) is 4. The molecule has 1 heterocycles. The van der Waals surface area contributed by atoms with Crippen molar-refractivity contribution in [1.29, 1.82) is 0 Å². The first kappa shape index (κ1) is 20.2. The number of halogens is 2. The van der Waals surface area contributed by atoms with Gasteiger partial charge in [0.1, 0.15) is 5.82 Å². The lowest BCUT2D eigenvalue weighted by Gasteiger charge is -2.31. The molecule has 3 rings (SSSR count). The molecule has 1 aliphatic rings. The van der Waals surface area contributed by atoms with E-state index in [1.807, 2.05) is 0 Å². The third kappa shape index (κ3) is 4.66. The molecule has 0 spiro atoms. The minimum Gasteiger partial charge on any atom is -0.325 e. The van der Waals surface area contributed by atoms with Gasteiger partial charge in [0.15, 0.2) is 0 Å². The average Bonchev–Trinajstić information content (AvgIpc) is 2.66. The fourth-order valence-corrected chi connectivity index (χ4v) is 3.59. The van der Waals surface area contributed by atoms with Crippen molar-refractivity contribution < 1.29 is 14.1 Å². The fraction of sp³-hybridized carbons (Fsp3) is 0.350. The molecular formula is C20H21ClFN3O3. The van der Waals surface area contributed by atoms with Crippen molar-refractivity contribution in [3.8, 4) is 0 Å². The highest BCUT2D eigenvalue weighted by Crippen LogP contribution is 2.27. The van der Waals surface area contributed by atoms with Gasteiger partial charge in [-0.05, 0) is 51.1 Å². The standard InChI is InChI=1S/C20H21ClFN3O3/c1-13-18(3-2-4-19(13)25(27)28)23-20(26)14-7-9-24(10-8-14)12-15-5-6-16(21)11-17(15)22/h2-6,11,14H,7-10,12H2,1H3,(H,23,26). The Bertz CT molecular complexity index is 898. The number of carbonyl (C=O) groups is 1. The van der Waals surface area contributed by atoms with Crippen LogP contribution in [-0.2, 0) is 11.3 Å². The molecule has 148 valence electrons. The normalized spacial score (nSPS) is 15.4. The molecule has 6 nitrogen and oxygen atoms in total. The molecule has 0 aromatic heterocycles. The Hall–Kier alpha value is -2.51. The number of hydrogen-bond donors (Lipinski definition) is 1. The van der Waals surface area contributed by atoms with Crippen LogP contribution < -0.4 is 5.32 Å². The van der Waals surface area contributed by atoms with Gasteiger partial charge in [0.05, 0.1) is 16.2 Å². The van der Waals surface area contributed by atoms with Crippen molar-refractivity contribution in [2.24, 2.45) is 5.92 Å². The number of carbonyl (C=O) groups excluding carboxylic acids is 1. The van der Waals surface area contributed by atoms with Gasteiger partial charge in [-0.1, -0.05) is 23.7 Å². The van der Waals surface area contributed by atoms with Crippen LogP contribution in [0.2, 0.25) is 5.02 Å². The Balaban J connectivity index is 1.57. The molecule has 0 saturated carbocycles. The van der Waals surface area contributed by atoms with E-state index in [9.17, 15) is 19.3 Å². The summed E-state index contributed by atoms with van der Waals surface area (Å²) in [5.41, 5.74) is 1.47. The lowest BCUT2D eigenvalue weighted by molar-refractivity contribution is -0.385. The van der Waals surface area contributed by atoms with Crippen LogP contribution in [0.5, 0.6) is 0 Å². The summed E-state index contributed by atoms with van der Waals surface area (Å²) in [4.78, 5) is 25.3. The molecule has 0 atom stereocenters. The molecule has 1 saturated heterocycles. The highest BCUT2D eigenvalue weighted by Gasteiger charge is 2.26. The number of likely N-dealkylation sites (tertiary alicyclic amines) is 1. The Labute approximate surface area is 167 Å². The second-order valence-electron chi connectivity index (χ2n) is 6.98. The number of nitrogens with zero attached hydrogens (tertiary/aromatic N) is 2. The minimum atomic E-state index is -0.459. The van der Waals surface area contributed by atoms with Crippen LogP contribution in [0.1, 0.15) is 24.0 Å². The maximum absolute atomic E-state index is 14.0. The van der Waals surface area contributed by atoms with Crippen LogP contribution in [0.25, 0.3) is 0 Å². The summed E-state index contributed by atoms with van der Waals surface area (Å²) in [6.45, 7) is 3.44. The molecule has 0 radical (unpaired) electrons. The van der Waals surface area contributed by atoms with E-state index in [-0.39, 0.29) is 23.3 Å². The zero-order valence-electron chi connectivity index (χ0n) is 15.5. The minimum absolute atomic E-state index is 0.0161. The SMILES string of the molecule is Cc1c(NC(=O)C2CCN(Cc3ccc(Cl)cc3F)CC2)cccc1[N+](=O)[O-]. The first-order valence-corrected chi connectivity index (χ1v) is 9.44. The van der Waals surface area contributed by atoms with Crippen LogP contribution >= 0.6 is 11.6 Å². The summed E-state index contributed by atoms with van der Waals surface area (Å²) in [6.07, 6.45) is 1.30. The summed E-state index contributed by atoms with van der Waals surface area (Å²) in [5, 5.41) is 14.2. The van der Waals surface area contributed by atoms with Crippen molar-refractivity contribution >= 4 is 28.9 Å². The molecule has 28 heavy (non-hydrogen) atoms. The molecule has 1 fully saturated rings. The van der Waals surface area contributed by atoms with Crippen LogP contribution in [0.4, 0.5) is 15.8 Å². The zero-order valence-corrected chi connectivity index (χ0v) is 16.2. The number of rotatable bonds is 5. The van der Waals surface area contributed by atoms with Crippen LogP contribution in [0, 0.1) is 28.8 Å². The Morgan fingerprint density at radius 2 is 2.04 bits per heavy atom. The van der Waals surface area contributed by atoms with Crippen molar-refractivity contribution in [2.45, 2.75) is 26.3 Å². The predicted octanol–water partition coefficient (Wildman–Crippen LogP) is 4.55. The van der Waals surface area contributed by atoms with Gasteiger partial charge in [0, 0.05) is 29.1 Å². The van der Waals surface area contributed by atoms with E-state index in [4.69, 9.17) is 11.6 Å². The molecule has 0 aliphatic carbocycles. The van der Waals surface area contributed by atoms with Crippen molar-refractivity contribution in [1.82, 2.24) is 4.90 Å². The number of amides is 1. The third-order valence-corrected chi connectivity index (χ3v) is 5.36. The smallest absolute Gasteiger partial charge is 0.274 e. The van der Waals surface area contributed by atoms with Gasteiger partial charge in [0.25, 0.3) is 5.69 Å². The quantitative estimate of drug-likeness (QED) is 0.585. The van der Waals surface area contributed by atoms with Gasteiger partial charge < -0.3 is 5.32 Å². The zero-order chi connectivity index (χ0) is 20.3. The molecule has 1 amide bonds. The number of piperidine rings is 1. The van der Waals surface area contributed by atoms with Crippen LogP contribution in [0.15, 0.2) is 36.4 Å². The monoisotopic (exact) mass is 405 g/mol. The Morgan fingerprint density at radius 3 is 2.68 bits per heavy atom. The van der Waals surface area contributed by atoms with E-state index < -0.39 is 4.92 Å². The van der Waals surface area contributed by atoms with E-state index in [0.29, 0.717) is 54.3 Å². The molecule has 0 unspecified atom stereocenters. The molecule has 0 bridgehead atoms. The van der Waals surface area contributed by atoms with Crippen molar-refractivity contribution in [3.05, 3.63) is 68.5 Å². The van der Waals surface area contributed by atoms with Gasteiger partial charge in [-0.25, -0.2) is 4.39 Å². The third-order valence-electron chi connectivity index (χ3n) is 5.13.